The molecule has 1 amide bonds. The molecule has 0 aliphatic carbocycles. The highest BCUT2D eigenvalue weighted by Gasteiger charge is 2.31. The van der Waals surface area contributed by atoms with Crippen LogP contribution in [-0.4, -0.2) is 102 Å². The quantitative estimate of drug-likeness (QED) is 0.0267. The fourth-order valence-electron chi connectivity index (χ4n) is 5.41. The molecule has 0 bridgehead atoms. The number of carbonyl (C=O) groups excluding carboxylic acids is 5. The van der Waals surface area contributed by atoms with Gasteiger partial charge in [0.1, 0.15) is 24.6 Å². The number of hydrogen-bond donors (Lipinski definition) is 1. The maximum absolute atomic E-state index is 13.2. The van der Waals surface area contributed by atoms with Gasteiger partial charge in [-0.3, -0.25) is 34.1 Å². The number of carbonyl (C=O) groups is 5. The molecule has 4 atom stereocenters. The predicted octanol–water partition coefficient (Wildman–Crippen LogP) is 7.38. The van der Waals surface area contributed by atoms with Crippen LogP contribution in [0.4, 0.5) is 5.69 Å². The van der Waals surface area contributed by atoms with Crippen LogP contribution in [0.1, 0.15) is 94.1 Å². The number of ketones is 2. The molecule has 16 nitrogen and oxygen atoms in total. The van der Waals surface area contributed by atoms with Gasteiger partial charge in [0, 0.05) is 50.0 Å². The number of rotatable bonds is 30. The van der Waals surface area contributed by atoms with Crippen molar-refractivity contribution in [2.75, 3.05) is 45.4 Å². The Morgan fingerprint density at radius 1 is 0.855 bits per heavy atom. The van der Waals surface area contributed by atoms with Gasteiger partial charge >= 0.3 is 17.6 Å². The summed E-state index contributed by atoms with van der Waals surface area (Å²) in [5.41, 5.74) is -1.19. The van der Waals surface area contributed by atoms with Crippen LogP contribution in [-0.2, 0) is 54.3 Å². The van der Waals surface area contributed by atoms with E-state index in [-0.39, 0.29) is 90.3 Å². The van der Waals surface area contributed by atoms with Gasteiger partial charge < -0.3 is 33.7 Å². The first-order valence-corrected chi connectivity index (χ1v) is 23.0. The number of benzene rings is 1. The molecular formula is C44H65N3O13S2. The minimum Gasteiger partial charge on any atom is -0.486 e. The van der Waals surface area contributed by atoms with Gasteiger partial charge in [0.25, 0.3) is 0 Å². The highest BCUT2D eigenvalue weighted by Crippen LogP contribution is 2.37. The van der Waals surface area contributed by atoms with E-state index < -0.39 is 33.9 Å². The molecule has 3 unspecified atom stereocenters. The zero-order valence-electron chi connectivity index (χ0n) is 37.7. The maximum Gasteiger partial charge on any atom is 0.310 e. The van der Waals surface area contributed by atoms with Crippen LogP contribution in [0, 0.1) is 33.8 Å². The molecule has 0 radical (unpaired) electrons. The van der Waals surface area contributed by atoms with E-state index in [2.05, 4.69) is 10.3 Å². The SMILES string of the molecule is CC(COCCOC(C)COCC(C)CC(=O)C(C)(C)NC(=O)C(C)C)CC(=O)COc1ccc(COC(=O)[C@H](CSSc2ncccc2[N+](=O)[O-])CC(=O)OC(C)(C)C)cc1. The zero-order valence-corrected chi connectivity index (χ0v) is 39.4. The predicted molar refractivity (Wildman–Crippen MR) is 237 cm³/mol. The smallest absolute Gasteiger partial charge is 0.310 e. The van der Waals surface area contributed by atoms with Gasteiger partial charge in [-0.2, -0.15) is 0 Å². The molecule has 0 aliphatic rings. The van der Waals surface area contributed by atoms with Gasteiger partial charge in [0.15, 0.2) is 16.6 Å². The average Bonchev–Trinajstić information content (AvgIpc) is 3.18. The van der Waals surface area contributed by atoms with Crippen LogP contribution in [0.15, 0.2) is 47.6 Å². The Kier molecular flexibility index (Phi) is 23.7. The van der Waals surface area contributed by atoms with Crippen molar-refractivity contribution in [2.24, 2.45) is 23.7 Å². The summed E-state index contributed by atoms with van der Waals surface area (Å²) >= 11 is 0. The van der Waals surface area contributed by atoms with Crippen molar-refractivity contribution in [1.29, 1.82) is 0 Å². The number of aromatic nitrogens is 1. The van der Waals surface area contributed by atoms with Gasteiger partial charge in [-0.15, -0.1) is 0 Å². The van der Waals surface area contributed by atoms with Gasteiger partial charge in [-0.1, -0.05) is 50.6 Å². The molecule has 2 aromatic rings. The number of Topliss-reactive ketones (excluding diaryl/α,β-unsaturated/α-hetero) is 2. The summed E-state index contributed by atoms with van der Waals surface area (Å²) in [5, 5.41) is 14.3. The largest absolute Gasteiger partial charge is 0.486 e. The lowest BCUT2D eigenvalue weighted by Crippen LogP contribution is -2.51. The number of nitrogens with zero attached hydrogens (tertiary/aromatic N) is 2. The first kappa shape index (κ1) is 54.0. The number of nitrogens with one attached hydrogen (secondary N) is 1. The van der Waals surface area contributed by atoms with Crippen LogP contribution < -0.4 is 10.1 Å². The van der Waals surface area contributed by atoms with Crippen molar-refractivity contribution >= 4 is 56.7 Å². The molecule has 0 saturated carbocycles. The topological polar surface area (TPSA) is 209 Å². The molecule has 1 aromatic heterocycles. The first-order chi connectivity index (χ1) is 29.1. The lowest BCUT2D eigenvalue weighted by Gasteiger charge is -2.27. The van der Waals surface area contributed by atoms with E-state index in [9.17, 15) is 34.1 Å². The molecular weight excluding hydrogens is 843 g/mol. The van der Waals surface area contributed by atoms with Gasteiger partial charge in [0.2, 0.25) is 5.91 Å². The normalized spacial score (nSPS) is 13.7. The summed E-state index contributed by atoms with van der Waals surface area (Å²) in [6.07, 6.45) is 1.57. The van der Waals surface area contributed by atoms with Gasteiger partial charge in [0.05, 0.1) is 48.7 Å². The molecule has 346 valence electrons. The van der Waals surface area contributed by atoms with Crippen molar-refractivity contribution in [3.05, 3.63) is 58.3 Å². The number of ether oxygens (including phenoxy) is 6. The van der Waals surface area contributed by atoms with Crippen molar-refractivity contribution in [3.63, 3.8) is 0 Å². The highest BCUT2D eigenvalue weighted by atomic mass is 33.1. The summed E-state index contributed by atoms with van der Waals surface area (Å²) in [6, 6.07) is 9.54. The Morgan fingerprint density at radius 2 is 1.52 bits per heavy atom. The molecule has 1 aromatic carbocycles. The Bertz CT molecular complexity index is 1750. The third-order valence-electron chi connectivity index (χ3n) is 8.78. The highest BCUT2D eigenvalue weighted by molar-refractivity contribution is 8.76. The Morgan fingerprint density at radius 3 is 2.16 bits per heavy atom. The number of esters is 2. The van der Waals surface area contributed by atoms with E-state index in [0.717, 1.165) is 21.6 Å². The van der Waals surface area contributed by atoms with Gasteiger partial charge in [-0.05, 0) is 87.9 Å². The molecule has 1 N–H and O–H groups in total. The van der Waals surface area contributed by atoms with E-state index >= 15 is 0 Å². The van der Waals surface area contributed by atoms with Crippen molar-refractivity contribution < 1.29 is 57.3 Å². The molecule has 0 aliphatic heterocycles. The number of nitro groups is 1. The minimum absolute atomic E-state index is 0.0229. The fraction of sp³-hybridized carbons (Fsp3) is 0.636. The molecule has 62 heavy (non-hydrogen) atoms. The van der Waals surface area contributed by atoms with Crippen molar-refractivity contribution in [3.8, 4) is 5.75 Å². The second-order valence-corrected chi connectivity index (χ2v) is 19.5. The van der Waals surface area contributed by atoms with E-state index in [1.165, 1.54) is 18.3 Å². The fourth-order valence-corrected chi connectivity index (χ4v) is 7.75. The molecule has 0 saturated heterocycles. The average molecular weight is 908 g/mol. The van der Waals surface area contributed by atoms with Crippen molar-refractivity contribution in [1.82, 2.24) is 10.3 Å². The maximum atomic E-state index is 13.2. The Hall–Kier alpha value is -4.10. The minimum atomic E-state index is -0.940. The first-order valence-electron chi connectivity index (χ1n) is 20.7. The van der Waals surface area contributed by atoms with Crippen molar-refractivity contribution in [2.45, 2.75) is 117 Å². The summed E-state index contributed by atoms with van der Waals surface area (Å²) in [6.45, 7) is 19.5. The summed E-state index contributed by atoms with van der Waals surface area (Å²) in [5.74, 6) is -2.07. The van der Waals surface area contributed by atoms with E-state index in [1.807, 2.05) is 20.8 Å². The van der Waals surface area contributed by atoms with Gasteiger partial charge in [-0.25, -0.2) is 4.98 Å². The second-order valence-electron chi connectivity index (χ2n) is 17.1. The third kappa shape index (κ3) is 22.3. The van der Waals surface area contributed by atoms with Crippen LogP contribution in [0.5, 0.6) is 5.75 Å². The summed E-state index contributed by atoms with van der Waals surface area (Å²) in [7, 11) is 2.18. The standard InChI is InChI=1S/C44H65N3O13S2/c1-29(2)40(51)46-44(9,10)38(49)21-31(4)24-56-25-32(5)57-19-18-55-23-30(3)20-35(48)27-58-36-15-13-33(14-16-36)26-59-42(52)34(22-39(50)60-43(6,7)8)28-61-62-41-37(47(53)54)12-11-17-45-41/h11-17,29-32,34H,18-28H2,1-10H3,(H,46,51)/t30?,31?,32?,34-/m0/s1. The van der Waals surface area contributed by atoms with E-state index in [0.29, 0.717) is 44.3 Å². The lowest BCUT2D eigenvalue weighted by atomic mass is 9.91. The summed E-state index contributed by atoms with van der Waals surface area (Å²) in [4.78, 5) is 78.0. The summed E-state index contributed by atoms with van der Waals surface area (Å²) < 4.78 is 33.9. The van der Waals surface area contributed by atoms with Crippen LogP contribution in [0.2, 0.25) is 0 Å². The number of hydrogen-bond acceptors (Lipinski definition) is 16. The second kappa shape index (κ2) is 27.2. The molecule has 1 heterocycles. The third-order valence-corrected chi connectivity index (χ3v) is 11.1. The molecule has 2 rings (SSSR count). The molecule has 18 heteroatoms. The lowest BCUT2D eigenvalue weighted by molar-refractivity contribution is -0.388. The van der Waals surface area contributed by atoms with Crippen LogP contribution >= 0.6 is 21.6 Å². The zero-order chi connectivity index (χ0) is 46.5. The van der Waals surface area contributed by atoms with E-state index in [4.69, 9.17) is 28.4 Å². The Labute approximate surface area is 373 Å². The number of amides is 1. The van der Waals surface area contributed by atoms with E-state index in [1.54, 1.807) is 72.7 Å². The van der Waals surface area contributed by atoms with Crippen LogP contribution in [0.25, 0.3) is 0 Å². The Balaban J connectivity index is 1.68. The molecule has 0 spiro atoms. The molecule has 0 fully saturated rings. The number of pyridine rings is 1. The van der Waals surface area contributed by atoms with Crippen LogP contribution in [0.3, 0.4) is 0 Å². The monoisotopic (exact) mass is 907 g/mol.